The summed E-state index contributed by atoms with van der Waals surface area (Å²) in [6.07, 6.45) is 0. The molecule has 2 aromatic rings. The van der Waals surface area contributed by atoms with Crippen molar-refractivity contribution in [2.45, 2.75) is 13.1 Å². The van der Waals surface area contributed by atoms with Gasteiger partial charge in [-0.1, -0.05) is 12.1 Å². The van der Waals surface area contributed by atoms with E-state index in [0.717, 1.165) is 30.2 Å². The van der Waals surface area contributed by atoms with Crippen LogP contribution in [0.5, 0.6) is 11.5 Å². The molecule has 1 aromatic carbocycles. The van der Waals surface area contributed by atoms with E-state index >= 15 is 0 Å². The number of ether oxygens (including phenoxy) is 2. The molecule has 0 aliphatic heterocycles. The molecule has 0 bridgehead atoms. The summed E-state index contributed by atoms with van der Waals surface area (Å²) in [5.74, 6) is 1.59. The summed E-state index contributed by atoms with van der Waals surface area (Å²) >= 11 is 1.73. The fourth-order valence-corrected chi connectivity index (χ4v) is 2.95. The minimum absolute atomic E-state index is 0.143. The Labute approximate surface area is 129 Å². The molecular formula is C16H21NO3S. The van der Waals surface area contributed by atoms with Crippen LogP contribution < -0.4 is 9.47 Å². The van der Waals surface area contributed by atoms with E-state index in [1.54, 1.807) is 25.6 Å². The Hall–Kier alpha value is -1.56. The number of benzene rings is 1. The van der Waals surface area contributed by atoms with Gasteiger partial charge in [0.25, 0.3) is 0 Å². The second-order valence-corrected chi connectivity index (χ2v) is 5.72. The van der Waals surface area contributed by atoms with Crippen LogP contribution in [0.2, 0.25) is 0 Å². The highest BCUT2D eigenvalue weighted by molar-refractivity contribution is 7.09. The Morgan fingerprint density at radius 2 is 2.00 bits per heavy atom. The van der Waals surface area contributed by atoms with Gasteiger partial charge in [0, 0.05) is 36.1 Å². The molecule has 0 unspecified atom stereocenters. The number of hydrogen-bond donors (Lipinski definition) is 1. The molecule has 0 fully saturated rings. The van der Waals surface area contributed by atoms with Gasteiger partial charge in [-0.25, -0.2) is 0 Å². The number of rotatable bonds is 8. The van der Waals surface area contributed by atoms with Crippen LogP contribution >= 0.6 is 11.3 Å². The molecule has 0 aliphatic carbocycles. The first-order valence-corrected chi connectivity index (χ1v) is 7.71. The van der Waals surface area contributed by atoms with Gasteiger partial charge in [-0.2, -0.15) is 0 Å². The molecule has 4 nitrogen and oxygen atoms in total. The van der Waals surface area contributed by atoms with E-state index in [1.807, 2.05) is 24.3 Å². The van der Waals surface area contributed by atoms with Gasteiger partial charge >= 0.3 is 0 Å². The lowest BCUT2D eigenvalue weighted by atomic mass is 10.1. The highest BCUT2D eigenvalue weighted by atomic mass is 32.1. The highest BCUT2D eigenvalue weighted by Gasteiger charge is 2.11. The van der Waals surface area contributed by atoms with E-state index in [1.165, 1.54) is 4.88 Å². The molecule has 0 saturated carbocycles. The molecule has 0 radical (unpaired) electrons. The second-order valence-electron chi connectivity index (χ2n) is 4.69. The third-order valence-corrected chi connectivity index (χ3v) is 4.13. The van der Waals surface area contributed by atoms with Crippen LogP contribution in [0, 0.1) is 0 Å². The summed E-state index contributed by atoms with van der Waals surface area (Å²) in [7, 11) is 3.30. The fraction of sp³-hybridized carbons (Fsp3) is 0.375. The van der Waals surface area contributed by atoms with Crippen LogP contribution in [0.1, 0.15) is 10.4 Å². The molecule has 1 aromatic heterocycles. The van der Waals surface area contributed by atoms with Crippen molar-refractivity contribution in [2.24, 2.45) is 0 Å². The topological polar surface area (TPSA) is 41.9 Å². The van der Waals surface area contributed by atoms with Gasteiger partial charge in [-0.3, -0.25) is 4.90 Å². The predicted molar refractivity (Wildman–Crippen MR) is 85.1 cm³/mol. The predicted octanol–water partition coefficient (Wildman–Crippen LogP) is 2.76. The van der Waals surface area contributed by atoms with E-state index < -0.39 is 0 Å². The maximum atomic E-state index is 9.26. The second kappa shape index (κ2) is 8.02. The first-order valence-electron chi connectivity index (χ1n) is 6.83. The molecule has 114 valence electrons. The quantitative estimate of drug-likeness (QED) is 0.814. The molecule has 0 amide bonds. The van der Waals surface area contributed by atoms with Crippen molar-refractivity contribution in [1.29, 1.82) is 0 Å². The molecule has 2 rings (SSSR count). The summed E-state index contributed by atoms with van der Waals surface area (Å²) in [5, 5.41) is 11.3. The zero-order valence-corrected chi connectivity index (χ0v) is 13.2. The summed E-state index contributed by atoms with van der Waals surface area (Å²) in [4.78, 5) is 3.49. The Balaban J connectivity index is 2.12. The highest BCUT2D eigenvalue weighted by Crippen LogP contribution is 2.26. The minimum atomic E-state index is 0.143. The fourth-order valence-electron chi connectivity index (χ4n) is 2.20. The van der Waals surface area contributed by atoms with Gasteiger partial charge in [0.05, 0.1) is 20.8 Å². The number of methoxy groups -OCH3 is 2. The van der Waals surface area contributed by atoms with Gasteiger partial charge < -0.3 is 14.6 Å². The monoisotopic (exact) mass is 307 g/mol. The Morgan fingerprint density at radius 1 is 1.14 bits per heavy atom. The largest absolute Gasteiger partial charge is 0.497 e. The van der Waals surface area contributed by atoms with Gasteiger partial charge in [0.2, 0.25) is 0 Å². The lowest BCUT2D eigenvalue weighted by Gasteiger charge is -2.22. The number of aliphatic hydroxyl groups is 1. The Bertz CT molecular complexity index is 542. The van der Waals surface area contributed by atoms with Gasteiger partial charge in [0.1, 0.15) is 11.5 Å². The molecule has 0 aliphatic rings. The van der Waals surface area contributed by atoms with Gasteiger partial charge in [0.15, 0.2) is 0 Å². The average Bonchev–Trinajstić information content (AvgIpc) is 3.00. The maximum Gasteiger partial charge on any atom is 0.127 e. The molecule has 0 atom stereocenters. The van der Waals surface area contributed by atoms with E-state index in [4.69, 9.17) is 9.47 Å². The molecule has 5 heteroatoms. The number of aliphatic hydroxyl groups excluding tert-OH is 1. The van der Waals surface area contributed by atoms with Gasteiger partial charge in [-0.15, -0.1) is 11.3 Å². The summed E-state index contributed by atoms with van der Waals surface area (Å²) in [5.41, 5.74) is 1.09. The van der Waals surface area contributed by atoms with Crippen LogP contribution in [0.15, 0.2) is 35.7 Å². The van der Waals surface area contributed by atoms with E-state index in [2.05, 4.69) is 16.3 Å². The van der Waals surface area contributed by atoms with Crippen LogP contribution in [0.4, 0.5) is 0 Å². The van der Waals surface area contributed by atoms with Gasteiger partial charge in [-0.05, 0) is 17.5 Å². The summed E-state index contributed by atoms with van der Waals surface area (Å²) in [6.45, 7) is 2.33. The first-order chi connectivity index (χ1) is 10.3. The van der Waals surface area contributed by atoms with Crippen molar-refractivity contribution in [3.05, 3.63) is 46.2 Å². The third-order valence-electron chi connectivity index (χ3n) is 3.26. The summed E-state index contributed by atoms with van der Waals surface area (Å²) < 4.78 is 10.7. The molecule has 21 heavy (non-hydrogen) atoms. The van der Waals surface area contributed by atoms with Crippen LogP contribution in [-0.4, -0.2) is 37.4 Å². The Kier molecular flexibility index (Phi) is 6.04. The van der Waals surface area contributed by atoms with Crippen molar-refractivity contribution in [1.82, 2.24) is 4.90 Å². The summed E-state index contributed by atoms with van der Waals surface area (Å²) in [6, 6.07) is 9.99. The van der Waals surface area contributed by atoms with Crippen LogP contribution in [0.3, 0.4) is 0 Å². The number of nitrogens with zero attached hydrogens (tertiary/aromatic N) is 1. The standard InChI is InChI=1S/C16H21NO3S/c1-19-14-6-5-13(16(10-14)20-2)11-17(7-8-18)12-15-4-3-9-21-15/h3-6,9-10,18H,7-8,11-12H2,1-2H3. The zero-order chi connectivity index (χ0) is 15.1. The number of hydrogen-bond acceptors (Lipinski definition) is 5. The molecule has 1 heterocycles. The van der Waals surface area contributed by atoms with Crippen LogP contribution in [-0.2, 0) is 13.1 Å². The minimum Gasteiger partial charge on any atom is -0.497 e. The van der Waals surface area contributed by atoms with Crippen molar-refractivity contribution < 1.29 is 14.6 Å². The van der Waals surface area contributed by atoms with E-state index in [0.29, 0.717) is 6.54 Å². The lowest BCUT2D eigenvalue weighted by molar-refractivity contribution is 0.184. The lowest BCUT2D eigenvalue weighted by Crippen LogP contribution is -2.25. The molecule has 0 spiro atoms. The van der Waals surface area contributed by atoms with E-state index in [-0.39, 0.29) is 6.61 Å². The maximum absolute atomic E-state index is 9.26. The number of thiophene rings is 1. The first kappa shape index (κ1) is 15.8. The normalized spacial score (nSPS) is 10.9. The van der Waals surface area contributed by atoms with Crippen molar-refractivity contribution in [3.8, 4) is 11.5 Å². The molecule has 0 saturated heterocycles. The molecular weight excluding hydrogens is 286 g/mol. The molecule has 1 N–H and O–H groups in total. The zero-order valence-electron chi connectivity index (χ0n) is 12.4. The average molecular weight is 307 g/mol. The Morgan fingerprint density at radius 3 is 2.62 bits per heavy atom. The van der Waals surface area contributed by atoms with Crippen molar-refractivity contribution in [3.63, 3.8) is 0 Å². The SMILES string of the molecule is COc1ccc(CN(CCO)Cc2cccs2)c(OC)c1. The third kappa shape index (κ3) is 4.46. The van der Waals surface area contributed by atoms with Crippen molar-refractivity contribution >= 4 is 11.3 Å². The van der Waals surface area contributed by atoms with E-state index in [9.17, 15) is 5.11 Å². The van der Waals surface area contributed by atoms with Crippen LogP contribution in [0.25, 0.3) is 0 Å². The van der Waals surface area contributed by atoms with Crippen molar-refractivity contribution in [2.75, 3.05) is 27.4 Å². The smallest absolute Gasteiger partial charge is 0.127 e.